The van der Waals surface area contributed by atoms with Crippen molar-refractivity contribution in [3.8, 4) is 0 Å². The van der Waals surface area contributed by atoms with Gasteiger partial charge in [0.15, 0.2) is 5.69 Å². The summed E-state index contributed by atoms with van der Waals surface area (Å²) in [5.41, 5.74) is -1.07. The average molecular weight is 309 g/mol. The molecule has 1 saturated heterocycles. The van der Waals surface area contributed by atoms with Gasteiger partial charge in [0.2, 0.25) is 11.2 Å². The number of nitrogens with zero attached hydrogens (tertiary/aromatic N) is 4. The monoisotopic (exact) mass is 308 g/mol. The molecule has 2 rings (SSSR count). The van der Waals surface area contributed by atoms with Crippen LogP contribution in [-0.4, -0.2) is 47.0 Å². The summed E-state index contributed by atoms with van der Waals surface area (Å²) in [6.07, 6.45) is -4.57. The Morgan fingerprint density at radius 3 is 2.35 bits per heavy atom. The van der Waals surface area contributed by atoms with E-state index in [-0.39, 0.29) is 11.7 Å². The van der Waals surface area contributed by atoms with Crippen LogP contribution in [0.25, 0.3) is 0 Å². The van der Waals surface area contributed by atoms with Gasteiger partial charge in [-0.15, -0.1) is 0 Å². The molecule has 1 aromatic heterocycles. The predicted molar refractivity (Wildman–Crippen MR) is 66.5 cm³/mol. The topological polar surface area (TPSA) is 49.3 Å². The number of carbonyl (C=O) groups is 1. The van der Waals surface area contributed by atoms with Crippen LogP contribution in [0.2, 0.25) is 5.28 Å². The molecule has 110 valence electrons. The van der Waals surface area contributed by atoms with Gasteiger partial charge >= 0.3 is 6.18 Å². The van der Waals surface area contributed by atoms with Crippen LogP contribution in [0, 0.1) is 0 Å². The minimum Gasteiger partial charge on any atom is -0.353 e. The number of hydrogen-bond acceptors (Lipinski definition) is 4. The molecule has 1 aliphatic heterocycles. The summed E-state index contributed by atoms with van der Waals surface area (Å²) in [4.78, 5) is 21.5. The Kier molecular flexibility index (Phi) is 4.03. The van der Waals surface area contributed by atoms with Crippen LogP contribution in [0.15, 0.2) is 6.07 Å². The summed E-state index contributed by atoms with van der Waals surface area (Å²) in [6, 6.07) is 0.870. The third-order valence-electron chi connectivity index (χ3n) is 3.02. The zero-order chi connectivity index (χ0) is 14.9. The molecule has 0 saturated carbocycles. The zero-order valence-corrected chi connectivity index (χ0v) is 11.4. The quantitative estimate of drug-likeness (QED) is 0.743. The van der Waals surface area contributed by atoms with Crippen LogP contribution in [0.5, 0.6) is 0 Å². The van der Waals surface area contributed by atoms with Gasteiger partial charge in [-0.25, -0.2) is 9.97 Å². The molecule has 1 amide bonds. The highest BCUT2D eigenvalue weighted by Gasteiger charge is 2.34. The first-order valence-corrected chi connectivity index (χ1v) is 6.27. The Morgan fingerprint density at radius 1 is 1.25 bits per heavy atom. The van der Waals surface area contributed by atoms with E-state index < -0.39 is 17.2 Å². The van der Waals surface area contributed by atoms with Gasteiger partial charge in [0.05, 0.1) is 0 Å². The van der Waals surface area contributed by atoms with E-state index in [1.807, 2.05) is 0 Å². The smallest absolute Gasteiger partial charge is 0.353 e. The Morgan fingerprint density at radius 2 is 1.85 bits per heavy atom. The molecular formula is C11H12ClF3N4O. The van der Waals surface area contributed by atoms with Crippen LogP contribution in [0.3, 0.4) is 0 Å². The number of piperazine rings is 1. The Balaban J connectivity index is 2.18. The number of carbonyl (C=O) groups excluding carboxylic acids is 1. The van der Waals surface area contributed by atoms with E-state index in [0.717, 1.165) is 6.07 Å². The van der Waals surface area contributed by atoms with Crippen molar-refractivity contribution in [2.45, 2.75) is 13.1 Å². The van der Waals surface area contributed by atoms with Gasteiger partial charge in [0.25, 0.3) is 0 Å². The number of rotatable bonds is 1. The molecule has 1 aromatic rings. The van der Waals surface area contributed by atoms with Gasteiger partial charge in [-0.05, 0) is 11.6 Å². The maximum Gasteiger partial charge on any atom is 0.433 e. The molecular weight excluding hydrogens is 297 g/mol. The third kappa shape index (κ3) is 3.30. The fourth-order valence-corrected chi connectivity index (χ4v) is 2.14. The number of alkyl halides is 3. The highest BCUT2D eigenvalue weighted by molar-refractivity contribution is 6.28. The largest absolute Gasteiger partial charge is 0.433 e. The van der Waals surface area contributed by atoms with Gasteiger partial charge in [0, 0.05) is 39.2 Å². The molecule has 0 spiro atoms. The molecule has 20 heavy (non-hydrogen) atoms. The van der Waals surface area contributed by atoms with Crippen molar-refractivity contribution < 1.29 is 18.0 Å². The lowest BCUT2D eigenvalue weighted by Gasteiger charge is -2.35. The highest BCUT2D eigenvalue weighted by Crippen LogP contribution is 2.30. The number of anilines is 1. The number of aromatic nitrogens is 2. The first-order valence-electron chi connectivity index (χ1n) is 5.89. The van der Waals surface area contributed by atoms with E-state index in [1.165, 1.54) is 6.92 Å². The summed E-state index contributed by atoms with van der Waals surface area (Å²) < 4.78 is 38.0. The maximum atomic E-state index is 12.7. The van der Waals surface area contributed by atoms with Crippen molar-refractivity contribution in [2.24, 2.45) is 0 Å². The molecule has 2 heterocycles. The molecule has 0 bridgehead atoms. The second kappa shape index (κ2) is 5.43. The van der Waals surface area contributed by atoms with E-state index in [1.54, 1.807) is 9.80 Å². The van der Waals surface area contributed by atoms with Gasteiger partial charge in [-0.2, -0.15) is 13.2 Å². The average Bonchev–Trinajstić information content (AvgIpc) is 2.37. The summed E-state index contributed by atoms with van der Waals surface area (Å²) in [5.74, 6) is 0.0712. The summed E-state index contributed by atoms with van der Waals surface area (Å²) in [7, 11) is 0. The predicted octanol–water partition coefficient (Wildman–Crippen LogP) is 1.82. The van der Waals surface area contributed by atoms with Crippen LogP contribution in [0.4, 0.5) is 19.0 Å². The number of hydrogen-bond donors (Lipinski definition) is 0. The SMILES string of the molecule is CC(=O)N1CCN(c2cc(C(F)(F)F)nc(Cl)n2)CC1. The van der Waals surface area contributed by atoms with Crippen LogP contribution < -0.4 is 4.90 Å². The Bertz CT molecular complexity index is 515. The number of amides is 1. The number of halogens is 4. The Hall–Kier alpha value is -1.57. The molecule has 5 nitrogen and oxygen atoms in total. The molecule has 0 N–H and O–H groups in total. The van der Waals surface area contributed by atoms with Crippen molar-refractivity contribution in [3.05, 3.63) is 17.0 Å². The highest BCUT2D eigenvalue weighted by atomic mass is 35.5. The van der Waals surface area contributed by atoms with Crippen molar-refractivity contribution in [3.63, 3.8) is 0 Å². The second-order valence-corrected chi connectivity index (χ2v) is 4.71. The first kappa shape index (κ1) is 14.8. The Labute approximate surface area is 118 Å². The lowest BCUT2D eigenvalue weighted by molar-refractivity contribution is -0.141. The van der Waals surface area contributed by atoms with Crippen molar-refractivity contribution in [1.82, 2.24) is 14.9 Å². The van der Waals surface area contributed by atoms with Gasteiger partial charge in [-0.1, -0.05) is 0 Å². The fourth-order valence-electron chi connectivity index (χ4n) is 1.96. The maximum absolute atomic E-state index is 12.7. The van der Waals surface area contributed by atoms with E-state index >= 15 is 0 Å². The molecule has 1 fully saturated rings. The van der Waals surface area contributed by atoms with Crippen LogP contribution in [-0.2, 0) is 11.0 Å². The lowest BCUT2D eigenvalue weighted by atomic mass is 10.3. The van der Waals surface area contributed by atoms with E-state index in [9.17, 15) is 18.0 Å². The zero-order valence-electron chi connectivity index (χ0n) is 10.6. The minimum absolute atomic E-state index is 0.0543. The van der Waals surface area contributed by atoms with E-state index in [0.29, 0.717) is 26.2 Å². The molecule has 0 atom stereocenters. The summed E-state index contributed by atoms with van der Waals surface area (Å²) in [6.45, 7) is 3.16. The van der Waals surface area contributed by atoms with E-state index in [2.05, 4.69) is 9.97 Å². The third-order valence-corrected chi connectivity index (χ3v) is 3.19. The van der Waals surface area contributed by atoms with Gasteiger partial charge < -0.3 is 9.80 Å². The van der Waals surface area contributed by atoms with Gasteiger partial charge in [0.1, 0.15) is 5.82 Å². The fraction of sp³-hybridized carbons (Fsp3) is 0.545. The van der Waals surface area contributed by atoms with Crippen LogP contribution in [0.1, 0.15) is 12.6 Å². The molecule has 1 aliphatic rings. The first-order chi connectivity index (χ1) is 9.27. The minimum atomic E-state index is -4.57. The van der Waals surface area contributed by atoms with E-state index in [4.69, 9.17) is 11.6 Å². The van der Waals surface area contributed by atoms with Gasteiger partial charge in [-0.3, -0.25) is 4.79 Å². The molecule has 0 aliphatic carbocycles. The normalized spacial score (nSPS) is 16.4. The standard InChI is InChI=1S/C11H12ClF3N4O/c1-7(20)18-2-4-19(5-3-18)9-6-8(11(13,14)15)16-10(12)17-9/h6H,2-5H2,1H3. The molecule has 0 aromatic carbocycles. The van der Waals surface area contributed by atoms with Crippen molar-refractivity contribution in [2.75, 3.05) is 31.1 Å². The van der Waals surface area contributed by atoms with Crippen molar-refractivity contribution in [1.29, 1.82) is 0 Å². The lowest BCUT2D eigenvalue weighted by Crippen LogP contribution is -2.48. The molecule has 0 unspecified atom stereocenters. The molecule has 0 radical (unpaired) electrons. The van der Waals surface area contributed by atoms with Crippen LogP contribution >= 0.6 is 11.6 Å². The van der Waals surface area contributed by atoms with Crippen molar-refractivity contribution >= 4 is 23.3 Å². The summed E-state index contributed by atoms with van der Waals surface area (Å²) >= 11 is 5.54. The molecule has 9 heteroatoms. The summed E-state index contributed by atoms with van der Waals surface area (Å²) in [5, 5.41) is -0.441. The second-order valence-electron chi connectivity index (χ2n) is 4.37.